The highest BCUT2D eigenvalue weighted by atomic mass is 35.5. The number of halogens is 2. The molecule has 4 heteroatoms. The van der Waals surface area contributed by atoms with E-state index in [1.165, 1.54) is 13.0 Å². The highest BCUT2D eigenvalue weighted by Gasteiger charge is 2.15. The summed E-state index contributed by atoms with van der Waals surface area (Å²) in [5.41, 5.74) is 1.02. The minimum Gasteiger partial charge on any atom is -0.457 e. The number of aryl methyl sites for hydroxylation is 1. The van der Waals surface area contributed by atoms with Gasteiger partial charge >= 0.3 is 0 Å². The molecule has 2 rings (SSSR count). The molecule has 0 heterocycles. The smallest absolute Gasteiger partial charge is 0.136 e. The zero-order valence-electron chi connectivity index (χ0n) is 10.7. The number of aliphatic hydroxyl groups is 1. The van der Waals surface area contributed by atoms with Crippen molar-refractivity contribution in [2.24, 2.45) is 0 Å². The van der Waals surface area contributed by atoms with Gasteiger partial charge < -0.3 is 9.84 Å². The molecule has 1 N–H and O–H groups in total. The van der Waals surface area contributed by atoms with E-state index >= 15 is 0 Å². The lowest BCUT2D eigenvalue weighted by atomic mass is 10.1. The molecule has 0 radical (unpaired) electrons. The van der Waals surface area contributed by atoms with Gasteiger partial charge in [0, 0.05) is 5.02 Å². The molecule has 0 spiro atoms. The van der Waals surface area contributed by atoms with Gasteiger partial charge in [0.2, 0.25) is 0 Å². The van der Waals surface area contributed by atoms with E-state index in [1.807, 2.05) is 6.92 Å². The van der Waals surface area contributed by atoms with Crippen LogP contribution < -0.4 is 4.74 Å². The quantitative estimate of drug-likeness (QED) is 0.888. The van der Waals surface area contributed by atoms with E-state index in [1.54, 1.807) is 30.3 Å². The molecule has 0 bridgehead atoms. The van der Waals surface area contributed by atoms with Crippen molar-refractivity contribution in [3.05, 3.63) is 58.4 Å². The molecule has 100 valence electrons. The third-order valence-electron chi connectivity index (χ3n) is 2.79. The number of aliphatic hydroxyl groups excluding tert-OH is 1. The largest absolute Gasteiger partial charge is 0.457 e. The first-order chi connectivity index (χ1) is 8.99. The molecule has 19 heavy (non-hydrogen) atoms. The Hall–Kier alpha value is -1.58. The first-order valence-electron chi connectivity index (χ1n) is 5.89. The monoisotopic (exact) mass is 280 g/mol. The van der Waals surface area contributed by atoms with Gasteiger partial charge in [0.25, 0.3) is 0 Å². The molecule has 0 unspecified atom stereocenters. The van der Waals surface area contributed by atoms with Gasteiger partial charge in [-0.05, 0) is 49.7 Å². The van der Waals surface area contributed by atoms with Gasteiger partial charge in [0.05, 0.1) is 11.7 Å². The van der Waals surface area contributed by atoms with Crippen molar-refractivity contribution in [1.82, 2.24) is 0 Å². The summed E-state index contributed by atoms with van der Waals surface area (Å²) in [5.74, 6) is 0.365. The molecule has 0 aliphatic carbocycles. The fraction of sp³-hybridized carbons (Fsp3) is 0.200. The van der Waals surface area contributed by atoms with Crippen LogP contribution in [0.3, 0.4) is 0 Å². The maximum absolute atomic E-state index is 13.7. The number of hydrogen-bond donors (Lipinski definition) is 1. The van der Waals surface area contributed by atoms with E-state index in [2.05, 4.69) is 0 Å². The van der Waals surface area contributed by atoms with Crippen LogP contribution in [0, 0.1) is 12.7 Å². The summed E-state index contributed by atoms with van der Waals surface area (Å²) in [4.78, 5) is 0. The van der Waals surface area contributed by atoms with Crippen molar-refractivity contribution in [1.29, 1.82) is 0 Å². The molecule has 0 aromatic heterocycles. The van der Waals surface area contributed by atoms with Crippen LogP contribution in [0.4, 0.5) is 4.39 Å². The van der Waals surface area contributed by atoms with Crippen LogP contribution in [0.25, 0.3) is 0 Å². The van der Waals surface area contributed by atoms with E-state index in [4.69, 9.17) is 16.3 Å². The van der Waals surface area contributed by atoms with Crippen LogP contribution in [0.5, 0.6) is 11.5 Å². The first kappa shape index (κ1) is 13.8. The fourth-order valence-electron chi connectivity index (χ4n) is 1.82. The zero-order chi connectivity index (χ0) is 14.0. The van der Waals surface area contributed by atoms with Gasteiger partial charge in [-0.1, -0.05) is 17.7 Å². The lowest BCUT2D eigenvalue weighted by Crippen LogP contribution is -1.99. The molecular formula is C15H14ClFO2. The van der Waals surface area contributed by atoms with Gasteiger partial charge in [-0.25, -0.2) is 4.39 Å². The molecule has 0 fully saturated rings. The summed E-state index contributed by atoms with van der Waals surface area (Å²) in [6.45, 7) is 3.36. The molecule has 2 nitrogen and oxygen atoms in total. The molecule has 0 aliphatic rings. The molecule has 2 aromatic rings. The van der Waals surface area contributed by atoms with Crippen LogP contribution in [0.2, 0.25) is 5.02 Å². The van der Waals surface area contributed by atoms with E-state index in [0.29, 0.717) is 16.5 Å². The Kier molecular flexibility index (Phi) is 4.08. The second-order valence-corrected chi connectivity index (χ2v) is 4.75. The Morgan fingerprint density at radius 3 is 2.63 bits per heavy atom. The summed E-state index contributed by atoms with van der Waals surface area (Å²) < 4.78 is 19.3. The van der Waals surface area contributed by atoms with Gasteiger partial charge in [-0.2, -0.15) is 0 Å². The van der Waals surface area contributed by atoms with Crippen LogP contribution in [0.15, 0.2) is 36.4 Å². The summed E-state index contributed by atoms with van der Waals surface area (Å²) >= 11 is 5.94. The minimum atomic E-state index is -0.940. The number of benzene rings is 2. The van der Waals surface area contributed by atoms with Crippen molar-refractivity contribution >= 4 is 11.6 Å². The van der Waals surface area contributed by atoms with Crippen molar-refractivity contribution in [2.75, 3.05) is 0 Å². The Morgan fingerprint density at radius 2 is 2.00 bits per heavy atom. The Labute approximate surface area is 116 Å². The summed E-state index contributed by atoms with van der Waals surface area (Å²) in [6, 6.07) is 9.63. The molecular weight excluding hydrogens is 267 g/mol. The van der Waals surface area contributed by atoms with Crippen molar-refractivity contribution in [2.45, 2.75) is 20.0 Å². The highest BCUT2D eigenvalue weighted by Crippen LogP contribution is 2.32. The summed E-state index contributed by atoms with van der Waals surface area (Å²) in [5, 5.41) is 10.3. The fourth-order valence-corrected chi connectivity index (χ4v) is 1.94. The van der Waals surface area contributed by atoms with Crippen molar-refractivity contribution in [3.8, 4) is 11.5 Å². The standard InChI is InChI=1S/C15H14ClFO2/c1-9-8-11(6-7-12(9)16)19-14-5-3-4-13(17)15(14)10(2)18/h3-8,10,18H,1-2H3/t10-/m0/s1. The van der Waals surface area contributed by atoms with Gasteiger partial charge in [-0.3, -0.25) is 0 Å². The lowest BCUT2D eigenvalue weighted by molar-refractivity contribution is 0.190. The first-order valence-corrected chi connectivity index (χ1v) is 6.27. The second-order valence-electron chi connectivity index (χ2n) is 4.34. The summed E-state index contributed by atoms with van der Waals surface area (Å²) in [6.07, 6.45) is -0.940. The molecule has 0 aliphatic heterocycles. The van der Waals surface area contributed by atoms with Crippen molar-refractivity contribution in [3.63, 3.8) is 0 Å². The van der Waals surface area contributed by atoms with Crippen LogP contribution >= 0.6 is 11.6 Å². The Morgan fingerprint density at radius 1 is 1.26 bits per heavy atom. The predicted octanol–water partition coefficient (Wildman–Crippen LogP) is 4.63. The third-order valence-corrected chi connectivity index (χ3v) is 3.21. The predicted molar refractivity (Wildman–Crippen MR) is 73.3 cm³/mol. The second kappa shape index (κ2) is 5.59. The zero-order valence-corrected chi connectivity index (χ0v) is 11.4. The van der Waals surface area contributed by atoms with E-state index in [-0.39, 0.29) is 5.56 Å². The maximum Gasteiger partial charge on any atom is 0.136 e. The number of rotatable bonds is 3. The van der Waals surface area contributed by atoms with Crippen LogP contribution in [0.1, 0.15) is 24.2 Å². The van der Waals surface area contributed by atoms with E-state index in [0.717, 1.165) is 5.56 Å². The SMILES string of the molecule is Cc1cc(Oc2cccc(F)c2[C@H](C)O)ccc1Cl. The Balaban J connectivity index is 2.38. The van der Waals surface area contributed by atoms with E-state index in [9.17, 15) is 9.50 Å². The minimum absolute atomic E-state index is 0.148. The average Bonchev–Trinajstić information content (AvgIpc) is 2.33. The topological polar surface area (TPSA) is 29.5 Å². The number of ether oxygens (including phenoxy) is 1. The molecule has 1 atom stereocenters. The molecule has 0 saturated carbocycles. The van der Waals surface area contributed by atoms with E-state index < -0.39 is 11.9 Å². The molecule has 2 aromatic carbocycles. The molecule has 0 saturated heterocycles. The van der Waals surface area contributed by atoms with Gasteiger partial charge in [0.15, 0.2) is 0 Å². The maximum atomic E-state index is 13.7. The number of hydrogen-bond acceptors (Lipinski definition) is 2. The van der Waals surface area contributed by atoms with Gasteiger partial charge in [-0.15, -0.1) is 0 Å². The summed E-state index contributed by atoms with van der Waals surface area (Å²) in [7, 11) is 0. The van der Waals surface area contributed by atoms with Crippen molar-refractivity contribution < 1.29 is 14.2 Å². The normalized spacial score (nSPS) is 12.3. The van der Waals surface area contributed by atoms with Gasteiger partial charge in [0.1, 0.15) is 17.3 Å². The van der Waals surface area contributed by atoms with Crippen LogP contribution in [-0.4, -0.2) is 5.11 Å². The average molecular weight is 281 g/mol. The lowest BCUT2D eigenvalue weighted by Gasteiger charge is -2.14. The third kappa shape index (κ3) is 3.06. The highest BCUT2D eigenvalue weighted by molar-refractivity contribution is 6.31. The van der Waals surface area contributed by atoms with Crippen LogP contribution in [-0.2, 0) is 0 Å². The Bertz CT molecular complexity index is 597. The molecule has 0 amide bonds.